The van der Waals surface area contributed by atoms with Crippen molar-refractivity contribution in [1.29, 1.82) is 0 Å². The maximum absolute atomic E-state index is 11.4. The molecule has 0 aromatic heterocycles. The molecule has 0 aliphatic carbocycles. The second-order valence-corrected chi connectivity index (χ2v) is 5.49. The molecule has 0 aliphatic heterocycles. The van der Waals surface area contributed by atoms with Gasteiger partial charge in [-0.3, -0.25) is 4.79 Å². The zero-order valence-electron chi connectivity index (χ0n) is 9.12. The molecule has 0 aromatic rings. The largest absolute Gasteiger partial charge is 0.355 e. The van der Waals surface area contributed by atoms with Crippen LogP contribution in [0.15, 0.2) is 0 Å². The topological polar surface area (TPSA) is 29.1 Å². The molecular formula is C10H21NO. The first-order valence-corrected chi connectivity index (χ1v) is 4.41. The summed E-state index contributed by atoms with van der Waals surface area (Å²) in [6.45, 7) is 12.8. The molecule has 0 bridgehead atoms. The van der Waals surface area contributed by atoms with Crippen LogP contribution in [-0.2, 0) is 4.79 Å². The molecule has 1 amide bonds. The maximum Gasteiger partial charge on any atom is 0.225 e. The van der Waals surface area contributed by atoms with Gasteiger partial charge >= 0.3 is 0 Å². The number of hydrogen-bond acceptors (Lipinski definition) is 1. The Morgan fingerprint density at radius 3 is 1.75 bits per heavy atom. The van der Waals surface area contributed by atoms with Gasteiger partial charge in [0.25, 0.3) is 0 Å². The van der Waals surface area contributed by atoms with Crippen LogP contribution in [0.5, 0.6) is 0 Å². The van der Waals surface area contributed by atoms with Gasteiger partial charge in [0.05, 0.1) is 0 Å². The fourth-order valence-corrected chi connectivity index (χ4v) is 0.611. The number of rotatable bonds is 1. The molecule has 1 N–H and O–H groups in total. The minimum absolute atomic E-state index is 0.123. The van der Waals surface area contributed by atoms with E-state index in [0.717, 1.165) is 6.54 Å². The summed E-state index contributed by atoms with van der Waals surface area (Å²) in [5.41, 5.74) is -0.105. The monoisotopic (exact) mass is 171 g/mol. The van der Waals surface area contributed by atoms with E-state index in [9.17, 15) is 4.79 Å². The summed E-state index contributed by atoms with van der Waals surface area (Å²) in [5.74, 6) is 0.123. The van der Waals surface area contributed by atoms with Gasteiger partial charge in [0.2, 0.25) is 5.91 Å². The molecule has 0 aliphatic rings. The predicted octanol–water partition coefficient (Wildman–Crippen LogP) is 2.19. The molecule has 0 saturated heterocycles. The molecule has 12 heavy (non-hydrogen) atoms. The van der Waals surface area contributed by atoms with Crippen LogP contribution in [0.1, 0.15) is 41.5 Å². The lowest BCUT2D eigenvalue weighted by atomic mass is 9.93. The average molecular weight is 171 g/mol. The predicted molar refractivity (Wildman–Crippen MR) is 51.9 cm³/mol. The Balaban J connectivity index is 3.90. The number of nitrogens with one attached hydrogen (secondary N) is 1. The van der Waals surface area contributed by atoms with Gasteiger partial charge in [-0.1, -0.05) is 41.5 Å². The van der Waals surface area contributed by atoms with Crippen molar-refractivity contribution in [3.63, 3.8) is 0 Å². The van der Waals surface area contributed by atoms with Crippen LogP contribution in [-0.4, -0.2) is 12.5 Å². The van der Waals surface area contributed by atoms with E-state index < -0.39 is 0 Å². The normalized spacial score (nSPS) is 12.8. The lowest BCUT2D eigenvalue weighted by Gasteiger charge is -2.23. The van der Waals surface area contributed by atoms with Crippen molar-refractivity contribution in [3.8, 4) is 0 Å². The molecule has 2 heteroatoms. The van der Waals surface area contributed by atoms with Crippen molar-refractivity contribution in [2.24, 2.45) is 10.8 Å². The van der Waals surface area contributed by atoms with Gasteiger partial charge in [-0.25, -0.2) is 0 Å². The maximum atomic E-state index is 11.4. The standard InChI is InChI=1S/C10H21NO/c1-9(2,3)7-11-8(12)10(4,5)6/h7H2,1-6H3,(H,11,12). The highest BCUT2D eigenvalue weighted by Crippen LogP contribution is 2.15. The Labute approximate surface area is 75.7 Å². The fraction of sp³-hybridized carbons (Fsp3) is 0.900. The van der Waals surface area contributed by atoms with Gasteiger partial charge in [0.1, 0.15) is 0 Å². The Morgan fingerprint density at radius 2 is 1.50 bits per heavy atom. The minimum atomic E-state index is -0.273. The lowest BCUT2D eigenvalue weighted by Crippen LogP contribution is -2.39. The van der Waals surface area contributed by atoms with Crippen molar-refractivity contribution in [1.82, 2.24) is 5.32 Å². The van der Waals surface area contributed by atoms with Crippen molar-refractivity contribution >= 4 is 5.91 Å². The number of hydrogen-bond donors (Lipinski definition) is 1. The van der Waals surface area contributed by atoms with Gasteiger partial charge in [-0.2, -0.15) is 0 Å². The van der Waals surface area contributed by atoms with E-state index in [1.165, 1.54) is 0 Å². The van der Waals surface area contributed by atoms with Gasteiger partial charge < -0.3 is 5.32 Å². The van der Waals surface area contributed by atoms with Crippen LogP contribution < -0.4 is 5.32 Å². The summed E-state index contributed by atoms with van der Waals surface area (Å²) in [6, 6.07) is 0. The van der Waals surface area contributed by atoms with Crippen molar-refractivity contribution in [2.75, 3.05) is 6.54 Å². The second-order valence-electron chi connectivity index (χ2n) is 5.49. The van der Waals surface area contributed by atoms with E-state index in [2.05, 4.69) is 26.1 Å². The quantitative estimate of drug-likeness (QED) is 0.644. The van der Waals surface area contributed by atoms with Crippen LogP contribution in [0.4, 0.5) is 0 Å². The third kappa shape index (κ3) is 5.16. The van der Waals surface area contributed by atoms with Crippen molar-refractivity contribution < 1.29 is 4.79 Å². The van der Waals surface area contributed by atoms with Crippen LogP contribution >= 0.6 is 0 Å². The molecule has 72 valence electrons. The molecular weight excluding hydrogens is 150 g/mol. The first-order chi connectivity index (χ1) is 5.13. The molecule has 0 unspecified atom stereocenters. The highest BCUT2D eigenvalue weighted by Gasteiger charge is 2.22. The summed E-state index contributed by atoms with van der Waals surface area (Å²) in [5, 5.41) is 2.92. The fourth-order valence-electron chi connectivity index (χ4n) is 0.611. The van der Waals surface area contributed by atoms with Gasteiger partial charge in [0.15, 0.2) is 0 Å². The minimum Gasteiger partial charge on any atom is -0.355 e. The molecule has 0 atom stereocenters. The molecule has 0 radical (unpaired) electrons. The van der Waals surface area contributed by atoms with Gasteiger partial charge in [-0.05, 0) is 5.41 Å². The molecule has 0 spiro atoms. The van der Waals surface area contributed by atoms with E-state index in [4.69, 9.17) is 0 Å². The molecule has 2 nitrogen and oxygen atoms in total. The molecule has 0 rings (SSSR count). The number of amides is 1. The van der Waals surface area contributed by atoms with E-state index >= 15 is 0 Å². The van der Waals surface area contributed by atoms with E-state index in [1.54, 1.807) is 0 Å². The van der Waals surface area contributed by atoms with Crippen LogP contribution in [0.25, 0.3) is 0 Å². The number of carbonyl (C=O) groups excluding carboxylic acids is 1. The summed E-state index contributed by atoms with van der Waals surface area (Å²) in [7, 11) is 0. The molecule has 0 heterocycles. The Morgan fingerprint density at radius 1 is 1.08 bits per heavy atom. The summed E-state index contributed by atoms with van der Waals surface area (Å²) < 4.78 is 0. The summed E-state index contributed by atoms with van der Waals surface area (Å²) in [4.78, 5) is 11.4. The third-order valence-corrected chi connectivity index (χ3v) is 1.46. The van der Waals surface area contributed by atoms with E-state index in [1.807, 2.05) is 20.8 Å². The average Bonchev–Trinajstić information content (AvgIpc) is 1.78. The van der Waals surface area contributed by atoms with Crippen LogP contribution in [0, 0.1) is 10.8 Å². The van der Waals surface area contributed by atoms with Gasteiger partial charge in [0, 0.05) is 12.0 Å². The first-order valence-electron chi connectivity index (χ1n) is 4.41. The van der Waals surface area contributed by atoms with Crippen LogP contribution in [0.2, 0.25) is 0 Å². The second kappa shape index (κ2) is 3.46. The van der Waals surface area contributed by atoms with E-state index in [0.29, 0.717) is 0 Å². The SMILES string of the molecule is CC(C)(C)CNC(=O)C(C)(C)C. The lowest BCUT2D eigenvalue weighted by molar-refractivity contribution is -0.128. The zero-order chi connectivity index (χ0) is 9.99. The molecule has 0 saturated carbocycles. The highest BCUT2D eigenvalue weighted by molar-refractivity contribution is 5.81. The highest BCUT2D eigenvalue weighted by atomic mass is 16.2. The summed E-state index contributed by atoms with van der Waals surface area (Å²) in [6.07, 6.45) is 0. The van der Waals surface area contributed by atoms with Crippen molar-refractivity contribution in [2.45, 2.75) is 41.5 Å². The van der Waals surface area contributed by atoms with E-state index in [-0.39, 0.29) is 16.7 Å². The van der Waals surface area contributed by atoms with Crippen LogP contribution in [0.3, 0.4) is 0 Å². The summed E-state index contributed by atoms with van der Waals surface area (Å²) >= 11 is 0. The molecule has 0 aromatic carbocycles. The van der Waals surface area contributed by atoms with Gasteiger partial charge in [-0.15, -0.1) is 0 Å². The first kappa shape index (κ1) is 11.5. The Kier molecular flexibility index (Phi) is 3.31. The zero-order valence-corrected chi connectivity index (χ0v) is 9.12. The molecule has 0 fully saturated rings. The van der Waals surface area contributed by atoms with Crippen molar-refractivity contribution in [3.05, 3.63) is 0 Å². The Hall–Kier alpha value is -0.530. The Bertz CT molecular complexity index is 160. The smallest absolute Gasteiger partial charge is 0.225 e. The third-order valence-electron chi connectivity index (χ3n) is 1.46. The number of carbonyl (C=O) groups is 1.